The van der Waals surface area contributed by atoms with Gasteiger partial charge in [-0.05, 0) is 36.9 Å². The maximum atomic E-state index is 12.2. The molecule has 0 aromatic carbocycles. The lowest BCUT2D eigenvalue weighted by atomic mass is 10.1. The van der Waals surface area contributed by atoms with Crippen molar-refractivity contribution in [2.75, 3.05) is 13.7 Å². The van der Waals surface area contributed by atoms with Gasteiger partial charge in [-0.1, -0.05) is 38.2 Å². The summed E-state index contributed by atoms with van der Waals surface area (Å²) in [7, 11) is 1.72. The molecule has 17 heavy (non-hydrogen) atoms. The minimum absolute atomic E-state index is 0.686. The van der Waals surface area contributed by atoms with Gasteiger partial charge < -0.3 is 4.74 Å². The molecule has 0 heterocycles. The van der Waals surface area contributed by atoms with Crippen LogP contribution in [0.1, 0.15) is 51.4 Å². The summed E-state index contributed by atoms with van der Waals surface area (Å²) in [5, 5.41) is -3.18. The summed E-state index contributed by atoms with van der Waals surface area (Å²) in [4.78, 5) is 0. The van der Waals surface area contributed by atoms with Crippen LogP contribution in [0.2, 0.25) is 0 Å². The van der Waals surface area contributed by atoms with E-state index in [1.54, 1.807) is 7.11 Å². The van der Waals surface area contributed by atoms with Gasteiger partial charge in [-0.3, -0.25) is 0 Å². The van der Waals surface area contributed by atoms with E-state index in [4.69, 9.17) is 16.3 Å². The van der Waals surface area contributed by atoms with Gasteiger partial charge >= 0.3 is 5.38 Å². The highest BCUT2D eigenvalue weighted by Gasteiger charge is 2.18. The Labute approximate surface area is 108 Å². The molecule has 0 rings (SSSR count). The molecule has 0 aromatic heterocycles. The standard InChI is InChI=1S/C13H23ClF2O/c1-17-12-10-8-6-4-2-3-5-7-9-11-13(14,15)16/h9,11H,2-8,10,12H2,1H3. The monoisotopic (exact) mass is 268 g/mol. The van der Waals surface area contributed by atoms with Gasteiger partial charge in [0.05, 0.1) is 0 Å². The van der Waals surface area contributed by atoms with E-state index in [9.17, 15) is 8.78 Å². The Morgan fingerprint density at radius 1 is 1.00 bits per heavy atom. The first-order chi connectivity index (χ1) is 8.06. The second-order valence-electron chi connectivity index (χ2n) is 4.20. The molecule has 0 aromatic rings. The first-order valence-corrected chi connectivity index (χ1v) is 6.67. The number of unbranched alkanes of at least 4 members (excludes halogenated alkanes) is 7. The molecule has 0 bridgehead atoms. The van der Waals surface area contributed by atoms with E-state index in [2.05, 4.69) is 0 Å². The molecule has 0 radical (unpaired) electrons. The van der Waals surface area contributed by atoms with Crippen LogP contribution >= 0.6 is 11.6 Å². The van der Waals surface area contributed by atoms with Crippen molar-refractivity contribution in [1.29, 1.82) is 0 Å². The molecule has 0 N–H and O–H groups in total. The minimum atomic E-state index is -3.18. The maximum absolute atomic E-state index is 12.2. The van der Waals surface area contributed by atoms with E-state index in [1.807, 2.05) is 0 Å². The first-order valence-electron chi connectivity index (χ1n) is 6.29. The molecule has 0 atom stereocenters. The summed E-state index contributed by atoms with van der Waals surface area (Å²) >= 11 is 4.73. The lowest BCUT2D eigenvalue weighted by Gasteiger charge is -2.01. The summed E-state index contributed by atoms with van der Waals surface area (Å²) in [5.41, 5.74) is 0. The zero-order valence-electron chi connectivity index (χ0n) is 10.6. The van der Waals surface area contributed by atoms with Crippen LogP contribution in [0, 0.1) is 0 Å². The van der Waals surface area contributed by atoms with Gasteiger partial charge in [-0.15, -0.1) is 0 Å². The van der Waals surface area contributed by atoms with Crippen LogP contribution in [-0.4, -0.2) is 19.1 Å². The quantitative estimate of drug-likeness (QED) is 0.286. The molecule has 102 valence electrons. The van der Waals surface area contributed by atoms with E-state index in [0.29, 0.717) is 6.42 Å². The minimum Gasteiger partial charge on any atom is -0.385 e. The van der Waals surface area contributed by atoms with Crippen LogP contribution in [-0.2, 0) is 4.74 Å². The number of methoxy groups -OCH3 is 1. The Kier molecular flexibility index (Phi) is 10.9. The van der Waals surface area contributed by atoms with Crippen LogP contribution in [0.15, 0.2) is 12.2 Å². The van der Waals surface area contributed by atoms with Gasteiger partial charge in [-0.25, -0.2) is 0 Å². The van der Waals surface area contributed by atoms with E-state index in [-0.39, 0.29) is 0 Å². The molecular weight excluding hydrogens is 246 g/mol. The summed E-state index contributed by atoms with van der Waals surface area (Å²) in [6.07, 6.45) is 11.0. The molecule has 0 aliphatic rings. The number of alkyl halides is 3. The average molecular weight is 269 g/mol. The Morgan fingerprint density at radius 2 is 1.53 bits per heavy atom. The highest BCUT2D eigenvalue weighted by Crippen LogP contribution is 2.20. The predicted molar refractivity (Wildman–Crippen MR) is 68.8 cm³/mol. The van der Waals surface area contributed by atoms with Gasteiger partial charge in [0, 0.05) is 13.7 Å². The summed E-state index contributed by atoms with van der Waals surface area (Å²) in [6, 6.07) is 0. The molecule has 0 unspecified atom stereocenters. The Hall–Kier alpha value is -0.150. The van der Waals surface area contributed by atoms with Crippen molar-refractivity contribution in [3.05, 3.63) is 12.2 Å². The van der Waals surface area contributed by atoms with Crippen LogP contribution in [0.4, 0.5) is 8.78 Å². The topological polar surface area (TPSA) is 9.23 Å². The zero-order valence-corrected chi connectivity index (χ0v) is 11.3. The smallest absolute Gasteiger partial charge is 0.341 e. The fraction of sp³-hybridized carbons (Fsp3) is 0.846. The van der Waals surface area contributed by atoms with Gasteiger partial charge in [0.2, 0.25) is 0 Å². The van der Waals surface area contributed by atoms with Crippen LogP contribution in [0.5, 0.6) is 0 Å². The second-order valence-corrected chi connectivity index (χ2v) is 4.70. The van der Waals surface area contributed by atoms with Gasteiger partial charge in [0.15, 0.2) is 0 Å². The van der Waals surface area contributed by atoms with Gasteiger partial charge in [-0.2, -0.15) is 8.78 Å². The first kappa shape index (κ1) is 16.9. The number of rotatable bonds is 11. The van der Waals surface area contributed by atoms with E-state index in [1.165, 1.54) is 31.8 Å². The SMILES string of the molecule is COCCCCCCCCCC=CC(F)(F)Cl. The average Bonchev–Trinajstić information content (AvgIpc) is 2.24. The number of hydrogen-bond acceptors (Lipinski definition) is 1. The molecule has 0 spiro atoms. The van der Waals surface area contributed by atoms with Crippen molar-refractivity contribution < 1.29 is 13.5 Å². The van der Waals surface area contributed by atoms with Crippen LogP contribution in [0.25, 0.3) is 0 Å². The normalized spacial score (nSPS) is 12.5. The fourth-order valence-corrected chi connectivity index (χ4v) is 1.70. The molecule has 1 nitrogen and oxygen atoms in total. The molecule has 0 saturated heterocycles. The largest absolute Gasteiger partial charge is 0.385 e. The maximum Gasteiger partial charge on any atom is 0.341 e. The number of allylic oxidation sites excluding steroid dienone is 2. The third-order valence-corrected chi connectivity index (χ3v) is 2.65. The Balaban J connectivity index is 3.11. The summed E-state index contributed by atoms with van der Waals surface area (Å²) in [5.74, 6) is 0. The highest BCUT2D eigenvalue weighted by atomic mass is 35.5. The van der Waals surface area contributed by atoms with Crippen molar-refractivity contribution in [2.24, 2.45) is 0 Å². The predicted octanol–water partition coefficient (Wildman–Crippen LogP) is 5.14. The third kappa shape index (κ3) is 15.9. The molecule has 0 amide bonds. The molecule has 0 aliphatic carbocycles. The van der Waals surface area contributed by atoms with Gasteiger partial charge in [0.1, 0.15) is 0 Å². The van der Waals surface area contributed by atoms with Gasteiger partial charge in [0.25, 0.3) is 0 Å². The van der Waals surface area contributed by atoms with Crippen molar-refractivity contribution in [1.82, 2.24) is 0 Å². The van der Waals surface area contributed by atoms with E-state index >= 15 is 0 Å². The summed E-state index contributed by atoms with van der Waals surface area (Å²) < 4.78 is 29.3. The van der Waals surface area contributed by atoms with Crippen molar-refractivity contribution in [3.8, 4) is 0 Å². The lowest BCUT2D eigenvalue weighted by molar-refractivity contribution is 0.152. The highest BCUT2D eigenvalue weighted by molar-refractivity contribution is 6.22. The van der Waals surface area contributed by atoms with E-state index < -0.39 is 5.38 Å². The van der Waals surface area contributed by atoms with Crippen LogP contribution in [0.3, 0.4) is 0 Å². The second kappa shape index (κ2) is 11.0. The van der Waals surface area contributed by atoms with Crippen molar-refractivity contribution in [2.45, 2.75) is 56.7 Å². The lowest BCUT2D eigenvalue weighted by Crippen LogP contribution is -1.98. The Morgan fingerprint density at radius 3 is 2.06 bits per heavy atom. The number of halogens is 3. The summed E-state index contributed by atoms with van der Waals surface area (Å²) in [6.45, 7) is 0.845. The van der Waals surface area contributed by atoms with E-state index in [0.717, 1.165) is 31.9 Å². The number of hydrogen-bond donors (Lipinski definition) is 0. The molecular formula is C13H23ClF2O. The number of ether oxygens (including phenoxy) is 1. The van der Waals surface area contributed by atoms with Crippen LogP contribution < -0.4 is 0 Å². The molecule has 4 heteroatoms. The molecule has 0 fully saturated rings. The zero-order chi connectivity index (χ0) is 13.0. The fourth-order valence-electron chi connectivity index (χ4n) is 1.61. The third-order valence-electron chi connectivity index (χ3n) is 2.53. The molecule has 0 aliphatic heterocycles. The molecule has 0 saturated carbocycles. The Bertz CT molecular complexity index is 190. The van der Waals surface area contributed by atoms with Crippen molar-refractivity contribution >= 4 is 11.6 Å². The van der Waals surface area contributed by atoms with Crippen molar-refractivity contribution in [3.63, 3.8) is 0 Å².